The second-order valence-corrected chi connectivity index (χ2v) is 12.1. The van der Waals surface area contributed by atoms with E-state index in [9.17, 15) is 0 Å². The second-order valence-electron chi connectivity index (χ2n) is 11.6. The van der Waals surface area contributed by atoms with E-state index < -0.39 is 0 Å². The van der Waals surface area contributed by atoms with Gasteiger partial charge < -0.3 is 4.74 Å². The molecule has 8 aromatic rings. The lowest BCUT2D eigenvalue weighted by Gasteiger charge is -2.19. The Kier molecular flexibility index (Phi) is 7.45. The van der Waals surface area contributed by atoms with E-state index in [2.05, 4.69) is 104 Å². The number of aromatic nitrogens is 2. The zero-order valence-electron chi connectivity index (χ0n) is 25.7. The second kappa shape index (κ2) is 12.2. The highest BCUT2D eigenvalue weighted by Gasteiger charge is 2.20. The van der Waals surface area contributed by atoms with E-state index in [-0.39, 0.29) is 0 Å². The highest BCUT2D eigenvalue weighted by Crippen LogP contribution is 2.45. The van der Waals surface area contributed by atoms with Gasteiger partial charge in [0.25, 0.3) is 0 Å². The van der Waals surface area contributed by atoms with E-state index in [1.807, 2.05) is 60.7 Å². The number of benzene rings is 6. The van der Waals surface area contributed by atoms with E-state index in [1.165, 1.54) is 5.56 Å². The van der Waals surface area contributed by atoms with Crippen LogP contribution in [0.3, 0.4) is 0 Å². The summed E-state index contributed by atoms with van der Waals surface area (Å²) in [5, 5.41) is 2.75. The summed E-state index contributed by atoms with van der Waals surface area (Å²) in [5.41, 5.74) is 11.0. The molecule has 0 N–H and O–H groups in total. The van der Waals surface area contributed by atoms with Gasteiger partial charge in [0.05, 0.1) is 16.7 Å². The molecule has 47 heavy (non-hydrogen) atoms. The smallest absolute Gasteiger partial charge is 0.162 e. The number of pyridine rings is 2. The van der Waals surface area contributed by atoms with Crippen LogP contribution in [0, 0.1) is 6.92 Å². The monoisotopic (exact) mass is 624 g/mol. The van der Waals surface area contributed by atoms with Crippen LogP contribution in [0.25, 0.3) is 66.6 Å². The fourth-order valence-electron chi connectivity index (χ4n) is 6.11. The number of fused-ring (bicyclic) bond motifs is 2. The van der Waals surface area contributed by atoms with Gasteiger partial charge in [-0.05, 0) is 78.2 Å². The molecule has 0 aliphatic carbocycles. The lowest BCUT2D eigenvalue weighted by molar-refractivity contribution is 0.485. The first-order valence-electron chi connectivity index (χ1n) is 15.6. The predicted molar refractivity (Wildman–Crippen MR) is 195 cm³/mol. The van der Waals surface area contributed by atoms with Crippen LogP contribution >= 0.6 is 11.6 Å². The Hall–Kier alpha value is -5.77. The van der Waals surface area contributed by atoms with Crippen molar-refractivity contribution >= 4 is 33.4 Å². The van der Waals surface area contributed by atoms with Crippen molar-refractivity contribution in [3.63, 3.8) is 0 Å². The number of hydrogen-bond donors (Lipinski definition) is 0. The Bertz CT molecular complexity index is 2370. The minimum absolute atomic E-state index is 0.689. The minimum Gasteiger partial charge on any atom is -0.454 e. The summed E-state index contributed by atoms with van der Waals surface area (Å²) in [6.45, 7) is 2.09. The third-order valence-electron chi connectivity index (χ3n) is 8.46. The predicted octanol–water partition coefficient (Wildman–Crippen LogP) is 12.2. The highest BCUT2D eigenvalue weighted by atomic mass is 35.5. The molecule has 0 fully saturated rings. The van der Waals surface area contributed by atoms with Crippen LogP contribution in [0.4, 0.5) is 0 Å². The van der Waals surface area contributed by atoms with E-state index >= 15 is 0 Å². The molecule has 0 spiro atoms. The van der Waals surface area contributed by atoms with Gasteiger partial charge in [-0.25, -0.2) is 9.97 Å². The summed E-state index contributed by atoms with van der Waals surface area (Å²) in [6.07, 6.45) is 0. The Morgan fingerprint density at radius 3 is 1.89 bits per heavy atom. The van der Waals surface area contributed by atoms with Gasteiger partial charge in [-0.15, -0.1) is 0 Å². The first-order valence-corrected chi connectivity index (χ1v) is 16.0. The van der Waals surface area contributed by atoms with Gasteiger partial charge >= 0.3 is 0 Å². The van der Waals surface area contributed by atoms with Gasteiger partial charge in [0.1, 0.15) is 11.4 Å². The van der Waals surface area contributed by atoms with E-state index in [4.69, 9.17) is 26.3 Å². The number of rotatable bonds is 6. The average Bonchev–Trinajstić information content (AvgIpc) is 3.12. The van der Waals surface area contributed by atoms with Crippen LogP contribution in [-0.2, 0) is 0 Å². The van der Waals surface area contributed by atoms with Crippen molar-refractivity contribution in [2.24, 2.45) is 0 Å². The maximum atomic E-state index is 6.86. The number of nitrogens with zero attached hydrogens (tertiary/aromatic N) is 2. The van der Waals surface area contributed by atoms with E-state index in [1.54, 1.807) is 0 Å². The molecular weight excluding hydrogens is 596 g/mol. The summed E-state index contributed by atoms with van der Waals surface area (Å²) < 4.78 is 6.86. The number of hydrogen-bond acceptors (Lipinski definition) is 3. The average molecular weight is 625 g/mol. The summed E-state index contributed by atoms with van der Waals surface area (Å²) in [6, 6.07) is 53.6. The molecule has 4 heteroatoms. The van der Waals surface area contributed by atoms with Crippen LogP contribution in [0.1, 0.15) is 5.56 Å². The maximum absolute atomic E-state index is 6.86. The fraction of sp³-hybridized carbons (Fsp3) is 0.0233. The molecule has 0 unspecified atom stereocenters. The van der Waals surface area contributed by atoms with E-state index in [0.29, 0.717) is 10.8 Å². The van der Waals surface area contributed by atoms with Gasteiger partial charge in [-0.2, -0.15) is 0 Å². The summed E-state index contributed by atoms with van der Waals surface area (Å²) in [5.74, 6) is 1.44. The molecule has 6 aromatic carbocycles. The highest BCUT2D eigenvalue weighted by molar-refractivity contribution is 6.31. The fourth-order valence-corrected chi connectivity index (χ4v) is 6.28. The minimum atomic E-state index is 0.689. The number of ether oxygens (including phenoxy) is 1. The van der Waals surface area contributed by atoms with Crippen molar-refractivity contribution in [2.75, 3.05) is 0 Å². The van der Waals surface area contributed by atoms with Crippen molar-refractivity contribution < 1.29 is 4.74 Å². The molecule has 8 rings (SSSR count). The first-order chi connectivity index (χ1) is 23.1. The quantitative estimate of drug-likeness (QED) is 0.185. The summed E-state index contributed by atoms with van der Waals surface area (Å²) >= 11 is 6.41. The standard InChI is InChI=1S/C43H29ClN2O/c1-28-16-18-32(19-17-28)42-43(41(31-12-6-3-7-13-31)35-14-8-9-15-38(35)46-42)47-34-23-20-30(21-24-34)40-27-36(29-10-4-2-5-11-29)37-26-33(44)22-25-39(37)45-40/h2-27H,1H3. The van der Waals surface area contributed by atoms with Crippen LogP contribution in [0.15, 0.2) is 158 Å². The van der Waals surface area contributed by atoms with Crippen molar-refractivity contribution in [2.45, 2.75) is 6.92 Å². The molecular formula is C43H29ClN2O. The van der Waals surface area contributed by atoms with Crippen LogP contribution in [-0.4, -0.2) is 9.97 Å². The maximum Gasteiger partial charge on any atom is 0.162 e. The summed E-state index contributed by atoms with van der Waals surface area (Å²) in [7, 11) is 0. The van der Waals surface area contributed by atoms with Crippen molar-refractivity contribution in [1.82, 2.24) is 9.97 Å². The molecule has 0 bridgehead atoms. The van der Waals surface area contributed by atoms with Crippen molar-refractivity contribution in [3.8, 4) is 56.3 Å². The van der Waals surface area contributed by atoms with Gasteiger partial charge in [0.2, 0.25) is 0 Å². The van der Waals surface area contributed by atoms with Crippen LogP contribution in [0.2, 0.25) is 5.02 Å². The molecule has 0 saturated carbocycles. The lowest BCUT2D eigenvalue weighted by Crippen LogP contribution is -1.97. The van der Waals surface area contributed by atoms with Crippen LogP contribution in [0.5, 0.6) is 11.5 Å². The zero-order chi connectivity index (χ0) is 31.7. The van der Waals surface area contributed by atoms with Crippen LogP contribution < -0.4 is 4.74 Å². The lowest BCUT2D eigenvalue weighted by atomic mass is 9.96. The number of halogens is 1. The molecule has 0 radical (unpaired) electrons. The molecule has 0 atom stereocenters. The molecule has 0 aliphatic heterocycles. The Balaban J connectivity index is 1.25. The largest absolute Gasteiger partial charge is 0.454 e. The molecule has 0 aliphatic rings. The summed E-state index contributed by atoms with van der Waals surface area (Å²) in [4.78, 5) is 10.2. The zero-order valence-corrected chi connectivity index (χ0v) is 26.4. The molecule has 0 saturated heterocycles. The van der Waals surface area contributed by atoms with Gasteiger partial charge in [0.15, 0.2) is 5.75 Å². The third kappa shape index (κ3) is 5.63. The molecule has 2 heterocycles. The SMILES string of the molecule is Cc1ccc(-c2nc3ccccc3c(-c3ccccc3)c2Oc2ccc(-c3cc(-c4ccccc4)c4cc(Cl)ccc4n3)cc2)cc1. The molecule has 224 valence electrons. The van der Waals surface area contributed by atoms with Gasteiger partial charge in [0, 0.05) is 32.5 Å². The normalized spacial score (nSPS) is 11.2. The third-order valence-corrected chi connectivity index (χ3v) is 8.70. The number of para-hydroxylation sites is 1. The Morgan fingerprint density at radius 2 is 1.15 bits per heavy atom. The molecule has 2 aromatic heterocycles. The molecule has 0 amide bonds. The van der Waals surface area contributed by atoms with Crippen molar-refractivity contribution in [1.29, 1.82) is 0 Å². The van der Waals surface area contributed by atoms with Gasteiger partial charge in [-0.3, -0.25) is 0 Å². The first kappa shape index (κ1) is 28.7. The Labute approximate surface area is 278 Å². The van der Waals surface area contributed by atoms with E-state index in [0.717, 1.165) is 72.3 Å². The van der Waals surface area contributed by atoms with Crippen molar-refractivity contribution in [3.05, 3.63) is 168 Å². The topological polar surface area (TPSA) is 35.0 Å². The molecule has 3 nitrogen and oxygen atoms in total. The van der Waals surface area contributed by atoms with Gasteiger partial charge in [-0.1, -0.05) is 120 Å². The Morgan fingerprint density at radius 1 is 0.511 bits per heavy atom. The number of aryl methyl sites for hydroxylation is 1.